The topological polar surface area (TPSA) is 26.3 Å². The molecule has 0 amide bonds. The molecular formula is C22H40O2Si. The highest BCUT2D eigenvalue weighted by molar-refractivity contribution is 6.77. The fraction of sp³-hybridized carbons (Fsp3) is 0.864. The van der Waals surface area contributed by atoms with Gasteiger partial charge in [0.15, 0.2) is 5.78 Å². The van der Waals surface area contributed by atoms with E-state index in [2.05, 4.69) is 48.5 Å². The Labute approximate surface area is 156 Å². The predicted octanol–water partition coefficient (Wildman–Crippen LogP) is 6.81. The van der Waals surface area contributed by atoms with Crippen molar-refractivity contribution >= 4 is 14.1 Å². The minimum absolute atomic E-state index is 0.218. The molecule has 0 aromatic heterocycles. The van der Waals surface area contributed by atoms with Gasteiger partial charge in [-0.2, -0.15) is 0 Å². The van der Waals surface area contributed by atoms with Gasteiger partial charge in [-0.25, -0.2) is 0 Å². The second kappa shape index (κ2) is 8.52. The summed E-state index contributed by atoms with van der Waals surface area (Å²) in [6.07, 6.45) is 7.76. The molecule has 0 heterocycles. The number of Topliss-reactive ketones (excluding diaryl/α,β-unsaturated/α-hetero) is 1. The van der Waals surface area contributed by atoms with Crippen LogP contribution >= 0.6 is 0 Å². The van der Waals surface area contributed by atoms with Crippen LogP contribution in [0.15, 0.2) is 11.1 Å². The largest absolute Gasteiger partial charge is 0.409 e. The van der Waals surface area contributed by atoms with E-state index < -0.39 is 8.32 Å². The van der Waals surface area contributed by atoms with Crippen molar-refractivity contribution < 1.29 is 9.22 Å². The maximum absolute atomic E-state index is 12.7. The van der Waals surface area contributed by atoms with Crippen molar-refractivity contribution in [3.05, 3.63) is 11.1 Å². The van der Waals surface area contributed by atoms with Gasteiger partial charge in [-0.15, -0.1) is 0 Å². The predicted molar refractivity (Wildman–Crippen MR) is 109 cm³/mol. The summed E-state index contributed by atoms with van der Waals surface area (Å²) in [7, 11) is -1.90. The summed E-state index contributed by atoms with van der Waals surface area (Å²) in [5.74, 6) is 0.908. The number of unbranched alkanes of at least 4 members (excludes halogenated alkanes) is 1. The van der Waals surface area contributed by atoms with Crippen molar-refractivity contribution in [3.8, 4) is 0 Å². The van der Waals surface area contributed by atoms with Crippen molar-refractivity contribution in [2.45, 2.75) is 116 Å². The van der Waals surface area contributed by atoms with E-state index in [0.717, 1.165) is 37.7 Å². The lowest BCUT2D eigenvalue weighted by molar-refractivity contribution is -0.115. The maximum Gasteiger partial charge on any atom is 0.201 e. The normalized spacial score (nSPS) is 24.8. The lowest BCUT2D eigenvalue weighted by Gasteiger charge is -2.46. The Balaban J connectivity index is 2.38. The van der Waals surface area contributed by atoms with Crippen LogP contribution in [-0.2, 0) is 9.22 Å². The fourth-order valence-electron chi connectivity index (χ4n) is 5.70. The monoisotopic (exact) mass is 364 g/mol. The van der Waals surface area contributed by atoms with Crippen LogP contribution in [0.25, 0.3) is 0 Å². The first-order valence-electron chi connectivity index (χ1n) is 10.7. The highest BCUT2D eigenvalue weighted by atomic mass is 28.4. The molecular weight excluding hydrogens is 324 g/mol. The Morgan fingerprint density at radius 1 is 1.04 bits per heavy atom. The number of fused-ring (bicyclic) bond motifs is 1. The number of rotatable bonds is 8. The van der Waals surface area contributed by atoms with Gasteiger partial charge in [0.1, 0.15) is 0 Å². The Hall–Kier alpha value is -0.413. The van der Waals surface area contributed by atoms with Crippen molar-refractivity contribution in [1.82, 2.24) is 0 Å². The zero-order valence-corrected chi connectivity index (χ0v) is 18.7. The second-order valence-corrected chi connectivity index (χ2v) is 14.6. The number of carbonyl (C=O) groups is 1. The van der Waals surface area contributed by atoms with E-state index in [1.807, 2.05) is 0 Å². The third-order valence-electron chi connectivity index (χ3n) is 6.76. The van der Waals surface area contributed by atoms with E-state index in [1.165, 1.54) is 18.4 Å². The molecule has 0 bridgehead atoms. The molecule has 0 aliphatic heterocycles. The van der Waals surface area contributed by atoms with Crippen LogP contribution < -0.4 is 0 Å². The molecule has 0 radical (unpaired) electrons. The summed E-state index contributed by atoms with van der Waals surface area (Å²) >= 11 is 0. The van der Waals surface area contributed by atoms with Gasteiger partial charge in [-0.1, -0.05) is 54.9 Å². The van der Waals surface area contributed by atoms with Crippen molar-refractivity contribution in [2.24, 2.45) is 5.92 Å². The minimum atomic E-state index is -1.90. The minimum Gasteiger partial charge on any atom is -0.409 e. The summed E-state index contributed by atoms with van der Waals surface area (Å²) in [5, 5.41) is 0. The Kier molecular flexibility index (Phi) is 7.12. The molecule has 2 aliphatic rings. The van der Waals surface area contributed by atoms with Crippen LogP contribution in [0.4, 0.5) is 0 Å². The first-order valence-corrected chi connectivity index (χ1v) is 12.8. The van der Waals surface area contributed by atoms with E-state index in [1.54, 1.807) is 0 Å². The number of allylic oxidation sites excluding steroid dienone is 1. The van der Waals surface area contributed by atoms with Gasteiger partial charge in [-0.3, -0.25) is 4.79 Å². The third-order valence-corrected chi connectivity index (χ3v) is 12.9. The second-order valence-electron chi connectivity index (χ2n) is 9.22. The molecule has 2 aliphatic carbocycles. The zero-order valence-electron chi connectivity index (χ0n) is 17.7. The van der Waals surface area contributed by atoms with Crippen LogP contribution in [0.1, 0.15) is 93.4 Å². The van der Waals surface area contributed by atoms with Crippen LogP contribution in [0.2, 0.25) is 16.6 Å². The van der Waals surface area contributed by atoms with Gasteiger partial charge in [0.25, 0.3) is 0 Å². The third kappa shape index (κ3) is 3.97. The summed E-state index contributed by atoms with van der Waals surface area (Å²) in [6.45, 7) is 16.4. The number of hydrogen-bond acceptors (Lipinski definition) is 2. The number of ketones is 1. The molecule has 25 heavy (non-hydrogen) atoms. The quantitative estimate of drug-likeness (QED) is 0.442. The van der Waals surface area contributed by atoms with Crippen LogP contribution in [0.5, 0.6) is 0 Å². The van der Waals surface area contributed by atoms with E-state index in [9.17, 15) is 4.79 Å². The molecule has 0 aromatic carbocycles. The highest BCUT2D eigenvalue weighted by Gasteiger charge is 2.49. The Bertz CT molecular complexity index is 482. The van der Waals surface area contributed by atoms with E-state index in [-0.39, 0.29) is 6.10 Å². The molecule has 1 saturated carbocycles. The smallest absolute Gasteiger partial charge is 0.201 e. The first-order chi connectivity index (χ1) is 11.8. The molecule has 0 spiro atoms. The van der Waals surface area contributed by atoms with E-state index >= 15 is 0 Å². The van der Waals surface area contributed by atoms with Crippen molar-refractivity contribution in [1.29, 1.82) is 0 Å². The van der Waals surface area contributed by atoms with Crippen molar-refractivity contribution in [3.63, 3.8) is 0 Å². The van der Waals surface area contributed by atoms with Crippen LogP contribution in [0.3, 0.4) is 0 Å². The standard InChI is InChI=1S/C22H40O2Si/c1-8-9-12-19-20(23)14-18-11-10-13-21(22(18)19)24-25(15(2)3,16(4)5)17(6)7/h15-18,21H,8-14H2,1-7H3/t18-,21+/m1/s1. The van der Waals surface area contributed by atoms with Gasteiger partial charge < -0.3 is 4.43 Å². The van der Waals surface area contributed by atoms with Gasteiger partial charge in [-0.05, 0) is 65.8 Å². The highest BCUT2D eigenvalue weighted by Crippen LogP contribution is 2.48. The molecule has 0 N–H and O–H groups in total. The zero-order chi connectivity index (χ0) is 18.8. The van der Waals surface area contributed by atoms with Gasteiger partial charge in [0.2, 0.25) is 8.32 Å². The molecule has 0 saturated heterocycles. The molecule has 0 aromatic rings. The van der Waals surface area contributed by atoms with Gasteiger partial charge >= 0.3 is 0 Å². The molecule has 3 heteroatoms. The van der Waals surface area contributed by atoms with Crippen LogP contribution in [0, 0.1) is 5.92 Å². The summed E-state index contributed by atoms with van der Waals surface area (Å²) < 4.78 is 7.16. The summed E-state index contributed by atoms with van der Waals surface area (Å²) in [6, 6.07) is 0. The fourth-order valence-corrected chi connectivity index (χ4v) is 11.3. The summed E-state index contributed by atoms with van der Waals surface area (Å²) in [4.78, 5) is 12.7. The lowest BCUT2D eigenvalue weighted by Crippen LogP contribution is -2.51. The van der Waals surface area contributed by atoms with Gasteiger partial charge in [0.05, 0.1) is 6.10 Å². The molecule has 2 atom stereocenters. The number of carbonyl (C=O) groups excluding carboxylic acids is 1. The Morgan fingerprint density at radius 2 is 1.64 bits per heavy atom. The van der Waals surface area contributed by atoms with Crippen LogP contribution in [-0.4, -0.2) is 20.2 Å². The maximum atomic E-state index is 12.7. The van der Waals surface area contributed by atoms with E-state index in [4.69, 9.17) is 4.43 Å². The summed E-state index contributed by atoms with van der Waals surface area (Å²) in [5.41, 5.74) is 4.40. The molecule has 0 unspecified atom stereocenters. The molecule has 2 rings (SSSR count). The lowest BCUT2D eigenvalue weighted by atomic mass is 9.83. The Morgan fingerprint density at radius 3 is 2.16 bits per heavy atom. The van der Waals surface area contributed by atoms with Crippen molar-refractivity contribution in [2.75, 3.05) is 0 Å². The average Bonchev–Trinajstić information content (AvgIpc) is 2.85. The first kappa shape index (κ1) is 20.9. The average molecular weight is 365 g/mol. The number of hydrogen-bond donors (Lipinski definition) is 0. The molecule has 1 fully saturated rings. The van der Waals surface area contributed by atoms with Gasteiger partial charge in [0, 0.05) is 6.42 Å². The molecule has 144 valence electrons. The van der Waals surface area contributed by atoms with E-state index in [0.29, 0.717) is 28.3 Å². The SMILES string of the molecule is CCCCC1=C2[C@H](CCC[C@@H]2O[Si](C(C)C)(C(C)C)C(C)C)CC1=O. The molecule has 2 nitrogen and oxygen atoms in total.